The minimum absolute atomic E-state index is 0.158. The third-order valence-electron chi connectivity index (χ3n) is 8.47. The van der Waals surface area contributed by atoms with Crippen LogP contribution >= 0.6 is 0 Å². The first-order chi connectivity index (χ1) is 17.7. The van der Waals surface area contributed by atoms with E-state index >= 15 is 0 Å². The van der Waals surface area contributed by atoms with E-state index in [1.165, 1.54) is 20.8 Å². The van der Waals surface area contributed by atoms with Gasteiger partial charge >= 0.3 is 23.9 Å². The monoisotopic (exact) mass is 532 g/mol. The van der Waals surface area contributed by atoms with Crippen LogP contribution in [0.3, 0.4) is 0 Å². The Morgan fingerprint density at radius 3 is 1.95 bits per heavy atom. The number of rotatable bonds is 5. The van der Waals surface area contributed by atoms with E-state index in [2.05, 4.69) is 0 Å². The van der Waals surface area contributed by atoms with Gasteiger partial charge in [0.25, 0.3) is 0 Å². The minimum Gasteiger partial charge on any atom is -0.459 e. The molecule has 1 saturated heterocycles. The van der Waals surface area contributed by atoms with Gasteiger partial charge in [0.2, 0.25) is 0 Å². The van der Waals surface area contributed by atoms with Crippen LogP contribution in [0.25, 0.3) is 0 Å². The Morgan fingerprint density at radius 2 is 1.39 bits per heavy atom. The van der Waals surface area contributed by atoms with Crippen LogP contribution < -0.4 is 0 Å². The maximum atomic E-state index is 13.4. The molecule has 1 N–H and O–H groups in total. The van der Waals surface area contributed by atoms with Gasteiger partial charge in [-0.3, -0.25) is 14.4 Å². The van der Waals surface area contributed by atoms with Gasteiger partial charge in [0, 0.05) is 20.8 Å². The minimum atomic E-state index is -1.51. The van der Waals surface area contributed by atoms with Gasteiger partial charge in [0.05, 0.1) is 28.6 Å². The van der Waals surface area contributed by atoms with Gasteiger partial charge in [-0.05, 0) is 45.2 Å². The highest BCUT2D eigenvalue weighted by Gasteiger charge is 2.83. The second-order valence-corrected chi connectivity index (χ2v) is 11.3. The van der Waals surface area contributed by atoms with Crippen molar-refractivity contribution in [1.82, 2.24) is 0 Å². The lowest BCUT2D eigenvalue weighted by Crippen LogP contribution is -2.78. The molecule has 38 heavy (non-hydrogen) atoms. The molecule has 1 aromatic carbocycles. The van der Waals surface area contributed by atoms with Gasteiger partial charge in [-0.25, -0.2) is 4.79 Å². The maximum Gasteiger partial charge on any atom is 0.338 e. The number of aliphatic hydroxyl groups is 1. The summed E-state index contributed by atoms with van der Waals surface area (Å²) in [5, 5.41) is 11.3. The second kappa shape index (κ2) is 9.64. The van der Waals surface area contributed by atoms with Crippen LogP contribution in [-0.2, 0) is 38.1 Å². The smallest absolute Gasteiger partial charge is 0.338 e. The average Bonchev–Trinajstić information content (AvgIpc) is 3.01. The average molecular weight is 533 g/mol. The number of esters is 4. The van der Waals surface area contributed by atoms with Crippen LogP contribution in [-0.4, -0.2) is 70.7 Å². The third kappa shape index (κ3) is 4.18. The van der Waals surface area contributed by atoms with Crippen molar-refractivity contribution in [3.8, 4) is 0 Å². The number of carbonyl (C=O) groups excluding carboxylic acids is 4. The van der Waals surface area contributed by atoms with E-state index in [0.717, 1.165) is 0 Å². The van der Waals surface area contributed by atoms with Crippen molar-refractivity contribution in [2.75, 3.05) is 0 Å². The van der Waals surface area contributed by atoms with E-state index in [-0.39, 0.29) is 12.0 Å². The van der Waals surface area contributed by atoms with Gasteiger partial charge in [0.15, 0.2) is 6.10 Å². The van der Waals surface area contributed by atoms with Crippen LogP contribution in [0.15, 0.2) is 30.3 Å². The summed E-state index contributed by atoms with van der Waals surface area (Å²) >= 11 is 0. The normalized spacial score (nSPS) is 38.9. The molecule has 1 aliphatic heterocycles. The predicted octanol–water partition coefficient (Wildman–Crippen LogP) is 2.59. The van der Waals surface area contributed by atoms with Crippen LogP contribution in [0.2, 0.25) is 0 Å². The van der Waals surface area contributed by atoms with Gasteiger partial charge < -0.3 is 28.8 Å². The van der Waals surface area contributed by atoms with Crippen molar-refractivity contribution in [2.45, 2.75) is 96.6 Å². The molecule has 0 radical (unpaired) electrons. The molecule has 9 atom stereocenters. The first-order valence-electron chi connectivity index (χ1n) is 12.8. The summed E-state index contributed by atoms with van der Waals surface area (Å²) in [7, 11) is 0. The van der Waals surface area contributed by atoms with E-state index in [0.29, 0.717) is 0 Å². The Kier molecular flexibility index (Phi) is 7.12. The first-order valence-corrected chi connectivity index (χ1v) is 12.8. The van der Waals surface area contributed by atoms with Gasteiger partial charge in [-0.2, -0.15) is 0 Å². The second-order valence-electron chi connectivity index (χ2n) is 11.3. The van der Waals surface area contributed by atoms with E-state index < -0.39 is 82.8 Å². The fraction of sp³-hybridized carbons (Fsp3) is 0.643. The summed E-state index contributed by atoms with van der Waals surface area (Å²) in [4.78, 5) is 50.6. The Hall–Kier alpha value is -2.98. The molecular formula is C28H36O10. The molecule has 1 spiro atoms. The highest BCUT2D eigenvalue weighted by molar-refractivity contribution is 5.89. The summed E-state index contributed by atoms with van der Waals surface area (Å²) in [6.07, 6.45) is -5.60. The zero-order chi connectivity index (χ0) is 28.2. The van der Waals surface area contributed by atoms with Crippen molar-refractivity contribution in [3.63, 3.8) is 0 Å². The lowest BCUT2D eigenvalue weighted by atomic mass is 9.47. The first kappa shape index (κ1) is 28.0. The lowest BCUT2D eigenvalue weighted by molar-refractivity contribution is -0.314. The fourth-order valence-electron chi connectivity index (χ4n) is 7.28. The SMILES string of the molecule is CC(=O)O[C@@H]1[C@@H]2[C@@H](OC(C)=O)[C@]3(OC2(C)C)[C@H](C)C[C@H](O)[C@H](OC(C)=O)[C@@]3(C)[C@@H]1OC(=O)c1ccccc1. The molecule has 1 heterocycles. The fourth-order valence-corrected chi connectivity index (χ4v) is 7.28. The van der Waals surface area contributed by atoms with E-state index in [4.69, 9.17) is 23.7 Å². The Balaban J connectivity index is 1.99. The molecule has 208 valence electrons. The van der Waals surface area contributed by atoms with Crippen LogP contribution in [0, 0.1) is 17.3 Å². The predicted molar refractivity (Wildman–Crippen MR) is 132 cm³/mol. The molecule has 3 aliphatic rings. The van der Waals surface area contributed by atoms with Gasteiger partial charge in [-0.15, -0.1) is 0 Å². The Bertz CT molecular complexity index is 1120. The molecule has 2 aliphatic carbocycles. The van der Waals surface area contributed by atoms with Crippen molar-refractivity contribution in [2.24, 2.45) is 17.3 Å². The quantitative estimate of drug-likeness (QED) is 0.445. The van der Waals surface area contributed by atoms with Crippen LogP contribution in [0.4, 0.5) is 0 Å². The number of fused-ring (bicyclic) bond motifs is 1. The summed E-state index contributed by atoms with van der Waals surface area (Å²) < 4.78 is 30.5. The van der Waals surface area contributed by atoms with Crippen molar-refractivity contribution >= 4 is 23.9 Å². The summed E-state index contributed by atoms with van der Waals surface area (Å²) in [6.45, 7) is 10.8. The van der Waals surface area contributed by atoms with Crippen LogP contribution in [0.5, 0.6) is 0 Å². The van der Waals surface area contributed by atoms with E-state index in [9.17, 15) is 24.3 Å². The molecule has 2 bridgehead atoms. The number of aliphatic hydroxyl groups excluding tert-OH is 1. The number of ether oxygens (including phenoxy) is 5. The summed E-state index contributed by atoms with van der Waals surface area (Å²) in [5.74, 6) is -3.77. The standard InChI is InChI=1S/C28H36O10/c1-14-13-19(32)22(35-16(3)30)27(7)24(37-25(33)18-11-9-8-10-12-18)21(34-15(2)29)20-23(36-17(4)31)28(14,27)38-26(20,5)6/h8-12,14,19-24,32H,13H2,1-7H3/t14-,19+,20-,21-,22+,23-,24-,27+,28-/m1/s1. The molecule has 2 saturated carbocycles. The molecule has 0 unspecified atom stereocenters. The number of hydrogen-bond acceptors (Lipinski definition) is 10. The van der Waals surface area contributed by atoms with Gasteiger partial charge in [0.1, 0.15) is 23.9 Å². The molecule has 10 heteroatoms. The number of carbonyl (C=O) groups is 4. The molecule has 0 aromatic heterocycles. The Labute approximate surface area is 221 Å². The lowest BCUT2D eigenvalue weighted by Gasteiger charge is -2.63. The zero-order valence-corrected chi connectivity index (χ0v) is 22.8. The van der Waals surface area contributed by atoms with E-state index in [1.807, 2.05) is 6.92 Å². The van der Waals surface area contributed by atoms with Crippen LogP contribution in [0.1, 0.15) is 65.2 Å². The molecule has 0 amide bonds. The topological polar surface area (TPSA) is 135 Å². The molecule has 10 nitrogen and oxygen atoms in total. The summed E-state index contributed by atoms with van der Waals surface area (Å²) in [5.41, 5.74) is -3.66. The van der Waals surface area contributed by atoms with Crippen molar-refractivity contribution in [3.05, 3.63) is 35.9 Å². The molecule has 4 rings (SSSR count). The number of hydrogen-bond donors (Lipinski definition) is 1. The zero-order valence-electron chi connectivity index (χ0n) is 22.8. The number of benzene rings is 1. The highest BCUT2D eigenvalue weighted by atomic mass is 16.6. The summed E-state index contributed by atoms with van der Waals surface area (Å²) in [6, 6.07) is 8.30. The largest absolute Gasteiger partial charge is 0.459 e. The van der Waals surface area contributed by atoms with E-state index in [1.54, 1.807) is 51.1 Å². The highest BCUT2D eigenvalue weighted by Crippen LogP contribution is 2.68. The molecule has 1 aromatic rings. The molecule has 3 fully saturated rings. The van der Waals surface area contributed by atoms with Crippen molar-refractivity contribution in [1.29, 1.82) is 0 Å². The molecular weight excluding hydrogens is 496 g/mol. The van der Waals surface area contributed by atoms with Crippen molar-refractivity contribution < 1.29 is 48.0 Å². The maximum absolute atomic E-state index is 13.4. The van der Waals surface area contributed by atoms with Gasteiger partial charge in [-0.1, -0.05) is 25.1 Å². The third-order valence-corrected chi connectivity index (χ3v) is 8.47. The Morgan fingerprint density at radius 1 is 0.842 bits per heavy atom.